The standard InChI is InChI=1S/C12H25N3O3S/c1-10(8-13)7-12(16)15-6-4-3-5-11(15)9-14-19(2,17)18/h10-11,14H,3-9,13H2,1-2H3. The Bertz CT molecular complexity index is 397. The zero-order valence-corrected chi connectivity index (χ0v) is 12.6. The van der Waals surface area contributed by atoms with Crippen molar-refractivity contribution >= 4 is 15.9 Å². The van der Waals surface area contributed by atoms with E-state index in [1.807, 2.05) is 11.8 Å². The van der Waals surface area contributed by atoms with Crippen LogP contribution in [0.15, 0.2) is 0 Å². The number of likely N-dealkylation sites (tertiary alicyclic amines) is 1. The first-order valence-corrected chi connectivity index (χ1v) is 8.66. The maximum absolute atomic E-state index is 12.2. The molecule has 0 spiro atoms. The molecule has 19 heavy (non-hydrogen) atoms. The fraction of sp³-hybridized carbons (Fsp3) is 0.917. The summed E-state index contributed by atoms with van der Waals surface area (Å²) >= 11 is 0. The van der Waals surface area contributed by atoms with Gasteiger partial charge in [0.05, 0.1) is 6.26 Å². The summed E-state index contributed by atoms with van der Waals surface area (Å²) < 4.78 is 24.8. The van der Waals surface area contributed by atoms with E-state index in [1.54, 1.807) is 0 Å². The molecule has 0 radical (unpaired) electrons. The number of nitrogens with zero attached hydrogens (tertiary/aromatic N) is 1. The van der Waals surface area contributed by atoms with Crippen LogP contribution < -0.4 is 10.5 Å². The van der Waals surface area contributed by atoms with Crippen molar-refractivity contribution < 1.29 is 13.2 Å². The van der Waals surface area contributed by atoms with Crippen molar-refractivity contribution in [2.24, 2.45) is 11.7 Å². The zero-order valence-electron chi connectivity index (χ0n) is 11.8. The topological polar surface area (TPSA) is 92.5 Å². The second kappa shape index (κ2) is 7.21. The van der Waals surface area contributed by atoms with E-state index in [0.29, 0.717) is 26.1 Å². The highest BCUT2D eigenvalue weighted by Crippen LogP contribution is 2.19. The molecule has 1 rings (SSSR count). The molecule has 1 heterocycles. The third kappa shape index (κ3) is 5.88. The molecule has 1 aliphatic heterocycles. The van der Waals surface area contributed by atoms with E-state index in [0.717, 1.165) is 25.5 Å². The monoisotopic (exact) mass is 291 g/mol. The maximum Gasteiger partial charge on any atom is 0.223 e. The number of sulfonamides is 1. The van der Waals surface area contributed by atoms with Gasteiger partial charge in [0.2, 0.25) is 15.9 Å². The second-order valence-electron chi connectivity index (χ2n) is 5.40. The van der Waals surface area contributed by atoms with Crippen molar-refractivity contribution in [3.8, 4) is 0 Å². The minimum Gasteiger partial charge on any atom is -0.338 e. The van der Waals surface area contributed by atoms with Crippen molar-refractivity contribution in [3.05, 3.63) is 0 Å². The van der Waals surface area contributed by atoms with Crippen molar-refractivity contribution in [2.45, 2.75) is 38.6 Å². The highest BCUT2D eigenvalue weighted by atomic mass is 32.2. The lowest BCUT2D eigenvalue weighted by atomic mass is 10.00. The number of rotatable bonds is 6. The SMILES string of the molecule is CC(CN)CC(=O)N1CCCCC1CNS(C)(=O)=O. The van der Waals surface area contributed by atoms with Gasteiger partial charge in [-0.3, -0.25) is 4.79 Å². The van der Waals surface area contributed by atoms with Crippen LogP contribution in [0.3, 0.4) is 0 Å². The lowest BCUT2D eigenvalue weighted by molar-refractivity contribution is -0.135. The Labute approximate surface area is 115 Å². The molecule has 112 valence electrons. The molecular weight excluding hydrogens is 266 g/mol. The van der Waals surface area contributed by atoms with E-state index in [2.05, 4.69) is 4.72 Å². The van der Waals surface area contributed by atoms with Gasteiger partial charge in [-0.15, -0.1) is 0 Å². The number of hydrogen-bond acceptors (Lipinski definition) is 4. The first kappa shape index (κ1) is 16.4. The number of amides is 1. The fourth-order valence-corrected chi connectivity index (χ4v) is 2.78. The Morgan fingerprint density at radius 3 is 2.74 bits per heavy atom. The van der Waals surface area contributed by atoms with Gasteiger partial charge in [0.1, 0.15) is 0 Å². The zero-order chi connectivity index (χ0) is 14.5. The number of nitrogens with two attached hydrogens (primary N) is 1. The fourth-order valence-electron chi connectivity index (χ4n) is 2.29. The van der Waals surface area contributed by atoms with Crippen LogP contribution in [0.2, 0.25) is 0 Å². The van der Waals surface area contributed by atoms with Crippen LogP contribution in [0.5, 0.6) is 0 Å². The van der Waals surface area contributed by atoms with E-state index in [-0.39, 0.29) is 17.9 Å². The molecule has 0 aromatic carbocycles. The highest BCUT2D eigenvalue weighted by molar-refractivity contribution is 7.88. The summed E-state index contributed by atoms with van der Waals surface area (Å²) in [6.07, 6.45) is 4.44. The summed E-state index contributed by atoms with van der Waals surface area (Å²) in [6.45, 7) is 3.46. The van der Waals surface area contributed by atoms with Gasteiger partial charge < -0.3 is 10.6 Å². The molecular formula is C12H25N3O3S. The second-order valence-corrected chi connectivity index (χ2v) is 7.24. The number of carbonyl (C=O) groups excluding carboxylic acids is 1. The molecule has 2 atom stereocenters. The number of hydrogen-bond donors (Lipinski definition) is 2. The molecule has 0 saturated carbocycles. The number of carbonyl (C=O) groups is 1. The first-order chi connectivity index (χ1) is 8.83. The predicted octanol–water partition coefficient (Wildman–Crippen LogP) is -0.0984. The number of nitrogens with one attached hydrogen (secondary N) is 1. The van der Waals surface area contributed by atoms with Crippen LogP contribution in [0, 0.1) is 5.92 Å². The van der Waals surface area contributed by atoms with Gasteiger partial charge in [-0.05, 0) is 31.7 Å². The van der Waals surface area contributed by atoms with Gasteiger partial charge in [-0.1, -0.05) is 6.92 Å². The summed E-state index contributed by atoms with van der Waals surface area (Å²) in [7, 11) is -3.21. The summed E-state index contributed by atoms with van der Waals surface area (Å²) in [4.78, 5) is 14.0. The predicted molar refractivity (Wildman–Crippen MR) is 75.0 cm³/mol. The smallest absolute Gasteiger partial charge is 0.223 e. The van der Waals surface area contributed by atoms with Crippen LogP contribution in [0.25, 0.3) is 0 Å². The normalized spacial score (nSPS) is 22.3. The van der Waals surface area contributed by atoms with E-state index < -0.39 is 10.0 Å². The summed E-state index contributed by atoms with van der Waals surface area (Å²) in [5, 5.41) is 0. The molecule has 1 saturated heterocycles. The average molecular weight is 291 g/mol. The summed E-state index contributed by atoms with van der Waals surface area (Å²) in [6, 6.07) is -0.0269. The Hall–Kier alpha value is -0.660. The van der Waals surface area contributed by atoms with Crippen molar-refractivity contribution in [2.75, 3.05) is 25.9 Å². The van der Waals surface area contributed by atoms with E-state index >= 15 is 0 Å². The Morgan fingerprint density at radius 1 is 1.47 bits per heavy atom. The summed E-state index contributed by atoms with van der Waals surface area (Å²) in [5.74, 6) is 0.246. The van der Waals surface area contributed by atoms with Crippen LogP contribution in [0.1, 0.15) is 32.6 Å². The molecule has 1 fully saturated rings. The molecule has 1 aliphatic rings. The average Bonchev–Trinajstić information content (AvgIpc) is 2.35. The third-order valence-electron chi connectivity index (χ3n) is 3.45. The maximum atomic E-state index is 12.2. The van der Waals surface area contributed by atoms with E-state index in [4.69, 9.17) is 5.73 Å². The largest absolute Gasteiger partial charge is 0.338 e. The molecule has 7 heteroatoms. The Morgan fingerprint density at radius 2 is 2.16 bits per heavy atom. The van der Waals surface area contributed by atoms with Crippen molar-refractivity contribution in [1.82, 2.24) is 9.62 Å². The van der Waals surface area contributed by atoms with Gasteiger partial charge in [-0.25, -0.2) is 13.1 Å². The van der Waals surface area contributed by atoms with Gasteiger partial charge in [-0.2, -0.15) is 0 Å². The van der Waals surface area contributed by atoms with Crippen molar-refractivity contribution in [1.29, 1.82) is 0 Å². The molecule has 0 aromatic rings. The summed E-state index contributed by atoms with van der Waals surface area (Å²) in [5.41, 5.74) is 5.54. The van der Waals surface area contributed by atoms with Crippen LogP contribution in [-0.2, 0) is 14.8 Å². The molecule has 6 nitrogen and oxygen atoms in total. The Kier molecular flexibility index (Phi) is 6.22. The molecule has 0 aromatic heterocycles. The van der Waals surface area contributed by atoms with E-state index in [9.17, 15) is 13.2 Å². The minimum absolute atomic E-state index is 0.0269. The Balaban J connectivity index is 2.59. The quantitative estimate of drug-likeness (QED) is 0.715. The molecule has 3 N–H and O–H groups in total. The highest BCUT2D eigenvalue weighted by Gasteiger charge is 2.27. The van der Waals surface area contributed by atoms with Gasteiger partial charge in [0.25, 0.3) is 0 Å². The van der Waals surface area contributed by atoms with Crippen LogP contribution >= 0.6 is 0 Å². The first-order valence-electron chi connectivity index (χ1n) is 6.77. The molecule has 1 amide bonds. The lowest BCUT2D eigenvalue weighted by Gasteiger charge is -2.36. The van der Waals surface area contributed by atoms with Gasteiger partial charge >= 0.3 is 0 Å². The third-order valence-corrected chi connectivity index (χ3v) is 4.15. The number of piperidine rings is 1. The molecule has 0 bridgehead atoms. The van der Waals surface area contributed by atoms with E-state index in [1.165, 1.54) is 0 Å². The van der Waals surface area contributed by atoms with Gasteiger partial charge in [0, 0.05) is 25.6 Å². The molecule has 2 unspecified atom stereocenters. The van der Waals surface area contributed by atoms with Crippen molar-refractivity contribution in [3.63, 3.8) is 0 Å². The van der Waals surface area contributed by atoms with Crippen LogP contribution in [-0.4, -0.2) is 51.2 Å². The van der Waals surface area contributed by atoms with Gasteiger partial charge in [0.15, 0.2) is 0 Å². The minimum atomic E-state index is -3.21. The lowest BCUT2D eigenvalue weighted by Crippen LogP contribution is -2.49. The van der Waals surface area contributed by atoms with Crippen LogP contribution in [0.4, 0.5) is 0 Å². The molecule has 0 aliphatic carbocycles.